The fourth-order valence-corrected chi connectivity index (χ4v) is 4.08. The first-order valence-corrected chi connectivity index (χ1v) is 8.35. The maximum absolute atomic E-state index is 11.7. The van der Waals surface area contributed by atoms with Gasteiger partial charge in [-0.1, -0.05) is 19.8 Å². The second-order valence-corrected chi connectivity index (χ2v) is 6.57. The minimum atomic E-state index is 0.218. The van der Waals surface area contributed by atoms with Gasteiger partial charge in [-0.25, -0.2) is 0 Å². The lowest BCUT2D eigenvalue weighted by molar-refractivity contribution is -0.126. The van der Waals surface area contributed by atoms with Crippen LogP contribution in [0.3, 0.4) is 0 Å². The summed E-state index contributed by atoms with van der Waals surface area (Å²) in [6, 6.07) is 0.657. The highest BCUT2D eigenvalue weighted by Crippen LogP contribution is 2.35. The molecule has 20 heavy (non-hydrogen) atoms. The van der Waals surface area contributed by atoms with Crippen LogP contribution in [0, 0.1) is 17.8 Å². The van der Waals surface area contributed by atoms with Crippen molar-refractivity contribution in [3.63, 3.8) is 0 Å². The Morgan fingerprint density at radius 1 is 1.25 bits per heavy atom. The number of nitrogens with one attached hydrogen (secondary N) is 1. The normalized spacial score (nSPS) is 33.0. The highest BCUT2D eigenvalue weighted by Gasteiger charge is 2.35. The van der Waals surface area contributed by atoms with Crippen molar-refractivity contribution in [2.75, 3.05) is 26.7 Å². The molecule has 1 amide bonds. The molecule has 0 aromatic carbocycles. The third kappa shape index (κ3) is 3.53. The van der Waals surface area contributed by atoms with Crippen molar-refractivity contribution >= 4 is 5.91 Å². The molecule has 0 aromatic rings. The van der Waals surface area contributed by atoms with E-state index >= 15 is 0 Å². The van der Waals surface area contributed by atoms with Crippen LogP contribution in [0.4, 0.5) is 0 Å². The van der Waals surface area contributed by atoms with E-state index in [1.165, 1.54) is 25.7 Å². The average molecular weight is 281 g/mol. The second kappa shape index (κ2) is 7.41. The van der Waals surface area contributed by atoms with Gasteiger partial charge in [0.25, 0.3) is 0 Å². The van der Waals surface area contributed by atoms with E-state index in [4.69, 9.17) is 5.73 Å². The molecule has 1 aliphatic heterocycles. The number of piperidine rings is 1. The molecule has 0 radical (unpaired) electrons. The summed E-state index contributed by atoms with van der Waals surface area (Å²) in [6.07, 6.45) is 7.25. The van der Waals surface area contributed by atoms with Crippen LogP contribution in [0.5, 0.6) is 0 Å². The van der Waals surface area contributed by atoms with Crippen LogP contribution in [0.1, 0.15) is 45.4 Å². The molecule has 3 N–H and O–H groups in total. The highest BCUT2D eigenvalue weighted by atomic mass is 16.1. The maximum Gasteiger partial charge on any atom is 0.222 e. The van der Waals surface area contributed by atoms with Crippen LogP contribution in [0.2, 0.25) is 0 Å². The number of rotatable bonds is 4. The van der Waals surface area contributed by atoms with Crippen molar-refractivity contribution in [2.45, 2.75) is 51.5 Å². The highest BCUT2D eigenvalue weighted by molar-refractivity contribution is 5.78. The molecule has 0 spiro atoms. The zero-order valence-electron chi connectivity index (χ0n) is 13.1. The van der Waals surface area contributed by atoms with E-state index in [9.17, 15) is 4.79 Å². The summed E-state index contributed by atoms with van der Waals surface area (Å²) in [5.41, 5.74) is 5.99. The monoisotopic (exact) mass is 281 g/mol. The van der Waals surface area contributed by atoms with Gasteiger partial charge >= 0.3 is 0 Å². The van der Waals surface area contributed by atoms with Crippen LogP contribution in [-0.4, -0.2) is 43.5 Å². The van der Waals surface area contributed by atoms with Crippen molar-refractivity contribution in [1.29, 1.82) is 0 Å². The predicted molar refractivity (Wildman–Crippen MR) is 82.3 cm³/mol. The Balaban J connectivity index is 1.91. The Morgan fingerprint density at radius 3 is 2.50 bits per heavy atom. The van der Waals surface area contributed by atoms with Crippen molar-refractivity contribution in [3.05, 3.63) is 0 Å². The summed E-state index contributed by atoms with van der Waals surface area (Å²) >= 11 is 0. The van der Waals surface area contributed by atoms with Gasteiger partial charge in [0.1, 0.15) is 0 Å². The van der Waals surface area contributed by atoms with Gasteiger partial charge in [-0.2, -0.15) is 0 Å². The zero-order chi connectivity index (χ0) is 14.5. The van der Waals surface area contributed by atoms with Crippen LogP contribution < -0.4 is 11.1 Å². The van der Waals surface area contributed by atoms with Gasteiger partial charge in [0.2, 0.25) is 5.91 Å². The lowest BCUT2D eigenvalue weighted by Crippen LogP contribution is -2.50. The van der Waals surface area contributed by atoms with E-state index in [0.717, 1.165) is 38.4 Å². The fraction of sp³-hybridized carbons (Fsp3) is 0.938. The van der Waals surface area contributed by atoms with E-state index in [1.807, 2.05) is 0 Å². The molecular weight excluding hydrogens is 250 g/mol. The minimum Gasteiger partial charge on any atom is -0.359 e. The molecule has 3 atom stereocenters. The van der Waals surface area contributed by atoms with Gasteiger partial charge in [-0.15, -0.1) is 0 Å². The van der Waals surface area contributed by atoms with E-state index in [1.54, 1.807) is 7.05 Å². The van der Waals surface area contributed by atoms with Crippen molar-refractivity contribution in [2.24, 2.45) is 23.5 Å². The van der Waals surface area contributed by atoms with Crippen LogP contribution >= 0.6 is 0 Å². The predicted octanol–water partition coefficient (Wildman–Crippen LogP) is 1.60. The number of likely N-dealkylation sites (tertiary alicyclic amines) is 1. The van der Waals surface area contributed by atoms with Crippen LogP contribution in [0.25, 0.3) is 0 Å². The number of hydrogen-bond acceptors (Lipinski definition) is 3. The second-order valence-electron chi connectivity index (χ2n) is 6.57. The molecule has 1 heterocycles. The zero-order valence-corrected chi connectivity index (χ0v) is 13.1. The third-order valence-electron chi connectivity index (χ3n) is 5.56. The molecule has 4 nitrogen and oxygen atoms in total. The molecule has 3 unspecified atom stereocenters. The Kier molecular flexibility index (Phi) is 5.85. The van der Waals surface area contributed by atoms with Gasteiger partial charge < -0.3 is 16.0 Å². The minimum absolute atomic E-state index is 0.218. The standard InChI is InChI=1S/C16H31N3O/c1-3-12-4-5-14(11-17)15(10-12)19-8-6-13(7-9-19)16(20)18-2/h12-15H,3-11,17H2,1-2H3,(H,18,20). The van der Waals surface area contributed by atoms with E-state index < -0.39 is 0 Å². The number of nitrogens with zero attached hydrogens (tertiary/aromatic N) is 1. The van der Waals surface area contributed by atoms with Crippen LogP contribution in [-0.2, 0) is 4.79 Å². The van der Waals surface area contributed by atoms with Crippen molar-refractivity contribution in [1.82, 2.24) is 10.2 Å². The summed E-state index contributed by atoms with van der Waals surface area (Å²) in [7, 11) is 1.74. The lowest BCUT2D eigenvalue weighted by atomic mass is 9.76. The smallest absolute Gasteiger partial charge is 0.222 e. The number of hydrogen-bond donors (Lipinski definition) is 2. The molecule has 2 rings (SSSR count). The molecule has 116 valence electrons. The van der Waals surface area contributed by atoms with Crippen molar-refractivity contribution < 1.29 is 4.79 Å². The van der Waals surface area contributed by atoms with Crippen LogP contribution in [0.15, 0.2) is 0 Å². The summed E-state index contributed by atoms with van der Waals surface area (Å²) in [5, 5.41) is 2.79. The number of carbonyl (C=O) groups excluding carboxylic acids is 1. The molecule has 4 heteroatoms. The first-order valence-electron chi connectivity index (χ1n) is 8.35. The first-order chi connectivity index (χ1) is 9.69. The van der Waals surface area contributed by atoms with Gasteiger partial charge in [-0.05, 0) is 57.2 Å². The Bertz CT molecular complexity index is 313. The lowest BCUT2D eigenvalue weighted by Gasteiger charge is -2.45. The SMILES string of the molecule is CCC1CCC(CN)C(N2CCC(C(=O)NC)CC2)C1. The topological polar surface area (TPSA) is 58.4 Å². The summed E-state index contributed by atoms with van der Waals surface area (Å²) in [4.78, 5) is 14.3. The molecule has 1 saturated carbocycles. The Labute approximate surface area is 123 Å². The average Bonchev–Trinajstić information content (AvgIpc) is 2.53. The van der Waals surface area contributed by atoms with Gasteiger partial charge in [0.05, 0.1) is 0 Å². The summed E-state index contributed by atoms with van der Waals surface area (Å²) in [6.45, 7) is 5.25. The number of amides is 1. The largest absolute Gasteiger partial charge is 0.359 e. The molecule has 0 bridgehead atoms. The first kappa shape index (κ1) is 15.8. The fourth-order valence-electron chi connectivity index (χ4n) is 4.08. The molecular formula is C16H31N3O. The molecule has 1 aliphatic carbocycles. The van der Waals surface area contributed by atoms with Crippen molar-refractivity contribution in [3.8, 4) is 0 Å². The quantitative estimate of drug-likeness (QED) is 0.823. The maximum atomic E-state index is 11.7. The molecule has 1 saturated heterocycles. The number of carbonyl (C=O) groups is 1. The van der Waals surface area contributed by atoms with E-state index in [0.29, 0.717) is 12.0 Å². The van der Waals surface area contributed by atoms with Gasteiger partial charge in [0.15, 0.2) is 0 Å². The summed E-state index contributed by atoms with van der Waals surface area (Å²) < 4.78 is 0. The third-order valence-corrected chi connectivity index (χ3v) is 5.56. The van der Waals surface area contributed by atoms with E-state index in [2.05, 4.69) is 17.1 Å². The number of nitrogens with two attached hydrogens (primary N) is 1. The van der Waals surface area contributed by atoms with Gasteiger partial charge in [-0.3, -0.25) is 4.79 Å². The summed E-state index contributed by atoms with van der Waals surface area (Å²) in [5.74, 6) is 1.97. The molecule has 0 aromatic heterocycles. The Hall–Kier alpha value is -0.610. The van der Waals surface area contributed by atoms with Gasteiger partial charge in [0, 0.05) is 19.0 Å². The molecule has 2 aliphatic rings. The van der Waals surface area contributed by atoms with E-state index in [-0.39, 0.29) is 11.8 Å². The Morgan fingerprint density at radius 2 is 1.95 bits per heavy atom. The molecule has 2 fully saturated rings.